The zero-order valence-corrected chi connectivity index (χ0v) is 10.3. The van der Waals surface area contributed by atoms with E-state index in [1.807, 2.05) is 23.7 Å². The Kier molecular flexibility index (Phi) is 3.17. The Bertz CT molecular complexity index is 502. The lowest BCUT2D eigenvalue weighted by Crippen LogP contribution is -2.18. The lowest BCUT2D eigenvalue weighted by molar-refractivity contribution is 0.674. The van der Waals surface area contributed by atoms with E-state index in [-0.39, 0.29) is 6.04 Å². The van der Waals surface area contributed by atoms with E-state index >= 15 is 0 Å². The van der Waals surface area contributed by atoms with Crippen molar-refractivity contribution in [2.24, 2.45) is 5.73 Å². The molecule has 1 aromatic carbocycles. The van der Waals surface area contributed by atoms with Crippen LogP contribution in [-0.2, 0) is 13.0 Å². The highest BCUT2D eigenvalue weighted by atomic mass is 35.5. The number of rotatable bonds is 3. The van der Waals surface area contributed by atoms with Crippen LogP contribution in [0.1, 0.15) is 19.4 Å². The lowest BCUT2D eigenvalue weighted by Gasteiger charge is -2.08. The first-order chi connectivity index (χ1) is 7.63. The molecule has 1 atom stereocenters. The summed E-state index contributed by atoms with van der Waals surface area (Å²) in [5, 5.41) is 5.91. The summed E-state index contributed by atoms with van der Waals surface area (Å²) >= 11 is 6.10. The monoisotopic (exact) mass is 237 g/mol. The van der Waals surface area contributed by atoms with Gasteiger partial charge < -0.3 is 5.73 Å². The number of aromatic nitrogens is 2. The van der Waals surface area contributed by atoms with E-state index in [1.54, 1.807) is 0 Å². The Hall–Kier alpha value is -1.06. The first-order valence-electron chi connectivity index (χ1n) is 5.53. The summed E-state index contributed by atoms with van der Waals surface area (Å²) in [4.78, 5) is 0. The molecule has 0 saturated carbocycles. The second-order valence-corrected chi connectivity index (χ2v) is 4.46. The van der Waals surface area contributed by atoms with Crippen molar-refractivity contribution in [2.75, 3.05) is 0 Å². The highest BCUT2D eigenvalue weighted by molar-refractivity contribution is 6.34. The Morgan fingerprint density at radius 3 is 2.88 bits per heavy atom. The maximum Gasteiger partial charge on any atom is 0.158 e. The van der Waals surface area contributed by atoms with Crippen molar-refractivity contribution in [3.05, 3.63) is 28.9 Å². The van der Waals surface area contributed by atoms with Crippen molar-refractivity contribution in [3.63, 3.8) is 0 Å². The van der Waals surface area contributed by atoms with Crippen LogP contribution in [0.3, 0.4) is 0 Å². The molecule has 0 amide bonds. The van der Waals surface area contributed by atoms with E-state index in [1.165, 1.54) is 5.56 Å². The summed E-state index contributed by atoms with van der Waals surface area (Å²) in [6.45, 7) is 4.89. The summed E-state index contributed by atoms with van der Waals surface area (Å²) in [6, 6.07) is 6.25. The average Bonchev–Trinajstić information content (AvgIpc) is 2.56. The van der Waals surface area contributed by atoms with Gasteiger partial charge in [-0.25, -0.2) is 0 Å². The molecule has 1 unspecified atom stereocenters. The Morgan fingerprint density at radius 1 is 1.50 bits per heavy atom. The van der Waals surface area contributed by atoms with Gasteiger partial charge in [0.25, 0.3) is 0 Å². The molecule has 1 heterocycles. The van der Waals surface area contributed by atoms with Crippen LogP contribution in [0.25, 0.3) is 10.9 Å². The van der Waals surface area contributed by atoms with Crippen LogP contribution in [0.5, 0.6) is 0 Å². The van der Waals surface area contributed by atoms with E-state index in [9.17, 15) is 0 Å². The molecule has 86 valence electrons. The maximum atomic E-state index is 6.10. The third kappa shape index (κ3) is 1.93. The molecule has 16 heavy (non-hydrogen) atoms. The van der Waals surface area contributed by atoms with Crippen LogP contribution in [-0.4, -0.2) is 15.8 Å². The minimum Gasteiger partial charge on any atom is -0.328 e. The highest BCUT2D eigenvalue weighted by Gasteiger charge is 2.12. The Morgan fingerprint density at radius 2 is 2.25 bits per heavy atom. The molecule has 0 radical (unpaired) electrons. The smallest absolute Gasteiger partial charge is 0.158 e. The molecular weight excluding hydrogens is 222 g/mol. The van der Waals surface area contributed by atoms with Gasteiger partial charge in [0.05, 0.1) is 5.52 Å². The van der Waals surface area contributed by atoms with Gasteiger partial charge in [-0.2, -0.15) is 5.10 Å². The quantitative estimate of drug-likeness (QED) is 0.892. The molecule has 3 nitrogen and oxygen atoms in total. The van der Waals surface area contributed by atoms with Crippen molar-refractivity contribution >= 4 is 22.5 Å². The molecule has 0 saturated heterocycles. The second-order valence-electron chi connectivity index (χ2n) is 4.10. The fraction of sp³-hybridized carbons (Fsp3) is 0.417. The molecule has 0 aliphatic rings. The van der Waals surface area contributed by atoms with E-state index in [0.29, 0.717) is 5.15 Å². The van der Waals surface area contributed by atoms with Gasteiger partial charge in [-0.1, -0.05) is 23.7 Å². The van der Waals surface area contributed by atoms with Gasteiger partial charge in [0.1, 0.15) is 0 Å². The molecule has 0 bridgehead atoms. The number of aryl methyl sites for hydroxylation is 1. The number of para-hydroxylation sites is 1. The van der Waals surface area contributed by atoms with Gasteiger partial charge in [0.15, 0.2) is 5.15 Å². The molecule has 2 N–H and O–H groups in total. The molecule has 0 spiro atoms. The number of halogens is 1. The third-order valence-corrected chi connectivity index (χ3v) is 2.93. The summed E-state index contributed by atoms with van der Waals surface area (Å²) < 4.78 is 1.94. The summed E-state index contributed by atoms with van der Waals surface area (Å²) in [6.07, 6.45) is 0.847. The van der Waals surface area contributed by atoms with Crippen LogP contribution in [0, 0.1) is 0 Å². The zero-order valence-electron chi connectivity index (χ0n) is 9.57. The highest BCUT2D eigenvalue weighted by Crippen LogP contribution is 2.26. The van der Waals surface area contributed by atoms with Gasteiger partial charge >= 0.3 is 0 Å². The molecule has 0 aliphatic heterocycles. The number of hydrogen-bond donors (Lipinski definition) is 1. The Balaban J connectivity index is 2.64. The molecule has 0 fully saturated rings. The fourth-order valence-corrected chi connectivity index (χ4v) is 2.26. The predicted molar refractivity (Wildman–Crippen MR) is 67.8 cm³/mol. The van der Waals surface area contributed by atoms with Crippen LogP contribution in [0.15, 0.2) is 18.2 Å². The van der Waals surface area contributed by atoms with Crippen molar-refractivity contribution in [1.82, 2.24) is 9.78 Å². The molecule has 4 heteroatoms. The number of fused-ring (bicyclic) bond motifs is 1. The van der Waals surface area contributed by atoms with Gasteiger partial charge in [0.2, 0.25) is 0 Å². The molecule has 0 aliphatic carbocycles. The molecular formula is C12H16ClN3. The van der Waals surface area contributed by atoms with Crippen LogP contribution in [0.4, 0.5) is 0 Å². The first-order valence-corrected chi connectivity index (χ1v) is 5.90. The van der Waals surface area contributed by atoms with Crippen molar-refractivity contribution < 1.29 is 0 Å². The topological polar surface area (TPSA) is 43.8 Å². The third-order valence-electron chi connectivity index (χ3n) is 2.65. The lowest BCUT2D eigenvalue weighted by atomic mass is 10.0. The number of hydrogen-bond acceptors (Lipinski definition) is 2. The number of nitrogens with two attached hydrogens (primary N) is 1. The van der Waals surface area contributed by atoms with E-state index in [0.717, 1.165) is 23.9 Å². The molecule has 1 aromatic heterocycles. The van der Waals surface area contributed by atoms with E-state index in [2.05, 4.69) is 18.1 Å². The van der Waals surface area contributed by atoms with E-state index < -0.39 is 0 Å². The van der Waals surface area contributed by atoms with Gasteiger partial charge in [-0.15, -0.1) is 0 Å². The maximum absolute atomic E-state index is 6.10. The van der Waals surface area contributed by atoms with Crippen LogP contribution in [0.2, 0.25) is 5.15 Å². The fourth-order valence-electron chi connectivity index (χ4n) is 2.01. The zero-order chi connectivity index (χ0) is 11.7. The van der Waals surface area contributed by atoms with Crippen molar-refractivity contribution in [1.29, 1.82) is 0 Å². The standard InChI is InChI=1S/C12H16ClN3/c1-3-16-11-9(7-8(2)14)5-4-6-10(11)12(13)15-16/h4-6,8H,3,7,14H2,1-2H3. The SMILES string of the molecule is CCn1nc(Cl)c2cccc(CC(C)N)c21. The Labute approximate surface area is 100 Å². The second kappa shape index (κ2) is 4.44. The minimum absolute atomic E-state index is 0.143. The predicted octanol–water partition coefficient (Wildman–Crippen LogP) is 2.60. The van der Waals surface area contributed by atoms with Crippen LogP contribution >= 0.6 is 11.6 Å². The first kappa shape index (κ1) is 11.4. The number of benzene rings is 1. The molecule has 2 aromatic rings. The van der Waals surface area contributed by atoms with Crippen molar-refractivity contribution in [3.8, 4) is 0 Å². The van der Waals surface area contributed by atoms with Crippen molar-refractivity contribution in [2.45, 2.75) is 32.9 Å². The normalized spacial score (nSPS) is 13.2. The minimum atomic E-state index is 0.143. The van der Waals surface area contributed by atoms with Gasteiger partial charge in [-0.3, -0.25) is 4.68 Å². The van der Waals surface area contributed by atoms with Gasteiger partial charge in [0, 0.05) is 18.0 Å². The summed E-state index contributed by atoms with van der Waals surface area (Å²) in [7, 11) is 0. The van der Waals surface area contributed by atoms with E-state index in [4.69, 9.17) is 17.3 Å². The summed E-state index contributed by atoms with van der Waals surface area (Å²) in [5.74, 6) is 0. The number of nitrogens with zero attached hydrogens (tertiary/aromatic N) is 2. The molecule has 2 rings (SSSR count). The average molecular weight is 238 g/mol. The van der Waals surface area contributed by atoms with Gasteiger partial charge in [-0.05, 0) is 31.9 Å². The largest absolute Gasteiger partial charge is 0.328 e. The summed E-state index contributed by atoms with van der Waals surface area (Å²) in [5.41, 5.74) is 8.19. The van der Waals surface area contributed by atoms with Crippen LogP contribution < -0.4 is 5.73 Å².